The Morgan fingerprint density at radius 1 is 1.12 bits per heavy atom. The van der Waals surface area contributed by atoms with Gasteiger partial charge in [-0.15, -0.1) is 11.3 Å². The van der Waals surface area contributed by atoms with Crippen molar-refractivity contribution in [1.29, 1.82) is 0 Å². The monoisotopic (exact) mass is 240 g/mol. The smallest absolute Gasteiger partial charge is 0.197 e. The molecule has 82 valence electrons. The highest BCUT2D eigenvalue weighted by molar-refractivity contribution is 7.17. The highest BCUT2D eigenvalue weighted by Crippen LogP contribution is 2.27. The van der Waals surface area contributed by atoms with Gasteiger partial charge in [0, 0.05) is 33.4 Å². The van der Waals surface area contributed by atoms with E-state index >= 15 is 0 Å². The van der Waals surface area contributed by atoms with E-state index in [1.54, 1.807) is 23.7 Å². The maximum Gasteiger partial charge on any atom is 0.197 e. The van der Waals surface area contributed by atoms with Crippen LogP contribution in [-0.4, -0.2) is 15.8 Å². The van der Waals surface area contributed by atoms with Gasteiger partial charge in [-0.3, -0.25) is 4.79 Å². The molecule has 17 heavy (non-hydrogen) atoms. The van der Waals surface area contributed by atoms with Crippen LogP contribution in [0.3, 0.4) is 0 Å². The molecule has 0 aliphatic carbocycles. The number of rotatable bonds is 2. The summed E-state index contributed by atoms with van der Waals surface area (Å²) in [6, 6.07) is 7.88. The molecule has 0 bridgehead atoms. The van der Waals surface area contributed by atoms with E-state index in [-0.39, 0.29) is 5.78 Å². The molecule has 4 heteroatoms. The van der Waals surface area contributed by atoms with Crippen LogP contribution in [0.4, 0.5) is 0 Å². The number of hydrogen-bond acceptors (Lipinski definition) is 4. The molecule has 3 aromatic rings. The van der Waals surface area contributed by atoms with Crippen molar-refractivity contribution in [3.8, 4) is 0 Å². The Bertz CT molecular complexity index is 676. The molecular formula is C13H8N2OS. The molecule has 0 atom stereocenters. The van der Waals surface area contributed by atoms with Gasteiger partial charge < -0.3 is 0 Å². The second-order valence-corrected chi connectivity index (χ2v) is 4.51. The standard InChI is InChI=1S/C13H8N2OS/c16-13(9-5-14-8-15-6-9)11-7-17-12-4-2-1-3-10(11)12/h1-8H. The molecule has 3 nitrogen and oxygen atoms in total. The van der Waals surface area contributed by atoms with Crippen molar-refractivity contribution >= 4 is 27.2 Å². The fourth-order valence-corrected chi connectivity index (χ4v) is 2.67. The van der Waals surface area contributed by atoms with Crippen LogP contribution in [0.5, 0.6) is 0 Å². The number of nitrogens with zero attached hydrogens (tertiary/aromatic N) is 2. The van der Waals surface area contributed by atoms with E-state index in [4.69, 9.17) is 0 Å². The zero-order valence-corrected chi connectivity index (χ0v) is 9.65. The quantitative estimate of drug-likeness (QED) is 0.647. The van der Waals surface area contributed by atoms with Crippen LogP contribution in [0, 0.1) is 0 Å². The van der Waals surface area contributed by atoms with Crippen LogP contribution in [0.15, 0.2) is 48.4 Å². The fourth-order valence-electron chi connectivity index (χ4n) is 1.73. The normalized spacial score (nSPS) is 10.6. The van der Waals surface area contributed by atoms with Crippen molar-refractivity contribution in [2.45, 2.75) is 0 Å². The largest absolute Gasteiger partial charge is 0.288 e. The summed E-state index contributed by atoms with van der Waals surface area (Å²) in [5.74, 6) is -0.0250. The average molecular weight is 240 g/mol. The van der Waals surface area contributed by atoms with E-state index in [1.165, 1.54) is 6.33 Å². The molecule has 2 aromatic heterocycles. The Hall–Kier alpha value is -2.07. The van der Waals surface area contributed by atoms with E-state index in [1.807, 2.05) is 29.6 Å². The Morgan fingerprint density at radius 3 is 2.71 bits per heavy atom. The molecule has 0 aliphatic rings. The van der Waals surface area contributed by atoms with Gasteiger partial charge in [0.25, 0.3) is 0 Å². The van der Waals surface area contributed by atoms with Gasteiger partial charge in [-0.25, -0.2) is 9.97 Å². The first-order chi connectivity index (χ1) is 8.36. The minimum Gasteiger partial charge on any atom is -0.288 e. The molecule has 0 spiro atoms. The number of benzene rings is 1. The van der Waals surface area contributed by atoms with Gasteiger partial charge in [0.1, 0.15) is 6.33 Å². The summed E-state index contributed by atoms with van der Waals surface area (Å²) in [6.45, 7) is 0. The van der Waals surface area contributed by atoms with Crippen LogP contribution in [0.2, 0.25) is 0 Å². The number of fused-ring (bicyclic) bond motifs is 1. The first-order valence-electron chi connectivity index (χ1n) is 5.12. The lowest BCUT2D eigenvalue weighted by molar-refractivity contribution is 0.104. The SMILES string of the molecule is O=C(c1cncnc1)c1csc2ccccc12. The summed E-state index contributed by atoms with van der Waals surface area (Å²) < 4.78 is 1.12. The number of ketones is 1. The number of thiophene rings is 1. The number of carbonyl (C=O) groups excluding carboxylic acids is 1. The van der Waals surface area contributed by atoms with Crippen molar-refractivity contribution in [1.82, 2.24) is 9.97 Å². The van der Waals surface area contributed by atoms with Crippen LogP contribution in [-0.2, 0) is 0 Å². The van der Waals surface area contributed by atoms with E-state index < -0.39 is 0 Å². The maximum absolute atomic E-state index is 12.2. The predicted molar refractivity (Wildman–Crippen MR) is 67.3 cm³/mol. The average Bonchev–Trinajstić information content (AvgIpc) is 2.83. The van der Waals surface area contributed by atoms with Gasteiger partial charge in [0.05, 0.1) is 5.56 Å². The molecule has 1 aromatic carbocycles. The van der Waals surface area contributed by atoms with Crippen molar-refractivity contribution in [2.75, 3.05) is 0 Å². The van der Waals surface area contributed by atoms with Crippen LogP contribution < -0.4 is 0 Å². The lowest BCUT2D eigenvalue weighted by Crippen LogP contribution is -2.01. The van der Waals surface area contributed by atoms with Gasteiger partial charge in [0.2, 0.25) is 0 Å². The lowest BCUT2D eigenvalue weighted by atomic mass is 10.1. The Labute approximate surface area is 102 Å². The molecule has 0 saturated carbocycles. The molecule has 2 heterocycles. The van der Waals surface area contributed by atoms with Crippen LogP contribution >= 0.6 is 11.3 Å². The zero-order chi connectivity index (χ0) is 11.7. The van der Waals surface area contributed by atoms with E-state index in [2.05, 4.69) is 9.97 Å². The molecule has 0 N–H and O–H groups in total. The first-order valence-corrected chi connectivity index (χ1v) is 6.00. The summed E-state index contributed by atoms with van der Waals surface area (Å²) in [4.78, 5) is 20.0. The van der Waals surface area contributed by atoms with Gasteiger partial charge in [-0.1, -0.05) is 18.2 Å². The van der Waals surface area contributed by atoms with E-state index in [0.717, 1.165) is 15.6 Å². The van der Waals surface area contributed by atoms with Gasteiger partial charge >= 0.3 is 0 Å². The van der Waals surface area contributed by atoms with Crippen molar-refractivity contribution in [3.63, 3.8) is 0 Å². The Kier molecular flexibility index (Phi) is 2.42. The summed E-state index contributed by atoms with van der Waals surface area (Å²) in [7, 11) is 0. The third kappa shape index (κ3) is 1.72. The summed E-state index contributed by atoms with van der Waals surface area (Å²) in [6.07, 6.45) is 4.51. The number of aromatic nitrogens is 2. The number of carbonyl (C=O) groups is 1. The van der Waals surface area contributed by atoms with Crippen molar-refractivity contribution in [2.24, 2.45) is 0 Å². The second kappa shape index (κ2) is 4.07. The summed E-state index contributed by atoms with van der Waals surface area (Å²) in [5, 5.41) is 2.88. The van der Waals surface area contributed by atoms with Crippen LogP contribution in [0.25, 0.3) is 10.1 Å². The maximum atomic E-state index is 12.2. The van der Waals surface area contributed by atoms with E-state index in [9.17, 15) is 4.79 Å². The highest BCUT2D eigenvalue weighted by Gasteiger charge is 2.14. The molecule has 0 radical (unpaired) electrons. The molecule has 3 rings (SSSR count). The van der Waals surface area contributed by atoms with Crippen molar-refractivity contribution < 1.29 is 4.79 Å². The summed E-state index contributed by atoms with van der Waals surface area (Å²) in [5.41, 5.74) is 1.25. The lowest BCUT2D eigenvalue weighted by Gasteiger charge is -1.98. The zero-order valence-electron chi connectivity index (χ0n) is 8.83. The Balaban J connectivity index is 2.14. The highest BCUT2D eigenvalue weighted by atomic mass is 32.1. The molecule has 0 unspecified atom stereocenters. The second-order valence-electron chi connectivity index (χ2n) is 3.60. The first kappa shape index (κ1) is 10.1. The minimum atomic E-state index is -0.0250. The topological polar surface area (TPSA) is 42.9 Å². The van der Waals surface area contributed by atoms with E-state index in [0.29, 0.717) is 5.56 Å². The molecule has 0 aliphatic heterocycles. The third-order valence-electron chi connectivity index (χ3n) is 2.55. The predicted octanol–water partition coefficient (Wildman–Crippen LogP) is 2.92. The molecular weight excluding hydrogens is 232 g/mol. The molecule has 0 saturated heterocycles. The van der Waals surface area contributed by atoms with Gasteiger partial charge in [-0.05, 0) is 6.07 Å². The number of hydrogen-bond donors (Lipinski definition) is 0. The van der Waals surface area contributed by atoms with Crippen molar-refractivity contribution in [3.05, 3.63) is 59.5 Å². The van der Waals surface area contributed by atoms with Gasteiger partial charge in [0.15, 0.2) is 5.78 Å². The minimum absolute atomic E-state index is 0.0250. The van der Waals surface area contributed by atoms with Crippen LogP contribution in [0.1, 0.15) is 15.9 Å². The summed E-state index contributed by atoms with van der Waals surface area (Å²) >= 11 is 1.58. The molecule has 0 fully saturated rings. The van der Waals surface area contributed by atoms with Gasteiger partial charge in [-0.2, -0.15) is 0 Å². The molecule has 0 amide bonds. The fraction of sp³-hybridized carbons (Fsp3) is 0. The third-order valence-corrected chi connectivity index (χ3v) is 3.51. The Morgan fingerprint density at radius 2 is 1.88 bits per heavy atom.